The molecule has 1 amide bonds. The summed E-state index contributed by atoms with van der Waals surface area (Å²) in [6.07, 6.45) is 1.34. The van der Waals surface area contributed by atoms with Gasteiger partial charge in [0, 0.05) is 6.54 Å². The molecule has 0 aromatic carbocycles. The second kappa shape index (κ2) is 4.97. The number of rotatable bonds is 4. The van der Waals surface area contributed by atoms with E-state index in [0.29, 0.717) is 22.0 Å². The quantitative estimate of drug-likeness (QED) is 0.831. The fourth-order valence-corrected chi connectivity index (χ4v) is 1.34. The Balaban J connectivity index is 2.76. The van der Waals surface area contributed by atoms with E-state index in [1.54, 1.807) is 13.8 Å². The van der Waals surface area contributed by atoms with Gasteiger partial charge in [0.15, 0.2) is 0 Å². The minimum Gasteiger partial charge on any atom is -0.369 e. The number of anilines is 1. The Morgan fingerprint density at radius 3 is 2.81 bits per heavy atom. The van der Waals surface area contributed by atoms with Crippen LogP contribution in [0.15, 0.2) is 10.8 Å². The summed E-state index contributed by atoms with van der Waals surface area (Å²) in [6.45, 7) is 3.87. The molecule has 0 spiro atoms. The highest BCUT2D eigenvalue weighted by Crippen LogP contribution is 2.27. The van der Waals surface area contributed by atoms with Gasteiger partial charge in [-0.15, -0.1) is 0 Å². The molecule has 1 aromatic rings. The molecule has 1 aromatic heterocycles. The van der Waals surface area contributed by atoms with Gasteiger partial charge >= 0.3 is 0 Å². The average molecular weight is 308 g/mol. The number of aromatic nitrogens is 2. The third-order valence-electron chi connectivity index (χ3n) is 2.11. The number of carbonyl (C=O) groups is 1. The van der Waals surface area contributed by atoms with Crippen molar-refractivity contribution in [2.45, 2.75) is 13.8 Å². The van der Waals surface area contributed by atoms with Crippen LogP contribution in [0.3, 0.4) is 0 Å². The Kier molecular flexibility index (Phi) is 4.09. The molecule has 16 heavy (non-hydrogen) atoms. The largest absolute Gasteiger partial charge is 0.369 e. The van der Waals surface area contributed by atoms with Gasteiger partial charge < -0.3 is 11.1 Å². The first-order valence-electron chi connectivity index (χ1n) is 4.54. The average Bonchev–Trinajstić information content (AvgIpc) is 2.20. The smallest absolute Gasteiger partial charge is 0.224 e. The Hall–Kier alpha value is -0.880. The number of primary amides is 1. The number of nitrogens with two attached hydrogens (primary N) is 1. The second-order valence-corrected chi connectivity index (χ2v) is 5.08. The van der Waals surface area contributed by atoms with Crippen molar-refractivity contribution in [3.05, 3.63) is 16.0 Å². The van der Waals surface area contributed by atoms with Gasteiger partial charge in [0.2, 0.25) is 5.91 Å². The molecule has 0 radical (unpaired) electrons. The Labute approximate surface area is 107 Å². The monoisotopic (exact) mass is 306 g/mol. The number of nitrogens with zero attached hydrogens (tertiary/aromatic N) is 2. The highest BCUT2D eigenvalue weighted by Gasteiger charge is 2.25. The first-order valence-corrected chi connectivity index (χ1v) is 5.71. The number of hydrogen-bond donors (Lipinski definition) is 2. The lowest BCUT2D eigenvalue weighted by molar-refractivity contribution is -0.125. The SMILES string of the molecule is CC(C)(CNc1ncnc(Cl)c1Br)C(N)=O. The van der Waals surface area contributed by atoms with E-state index in [4.69, 9.17) is 17.3 Å². The van der Waals surface area contributed by atoms with E-state index in [-0.39, 0.29) is 5.91 Å². The predicted octanol–water partition coefficient (Wildman–Crippen LogP) is 1.82. The van der Waals surface area contributed by atoms with Crippen LogP contribution in [0, 0.1) is 5.41 Å². The molecule has 0 saturated carbocycles. The number of hydrogen-bond acceptors (Lipinski definition) is 4. The molecule has 0 unspecified atom stereocenters. The van der Waals surface area contributed by atoms with Crippen LogP contribution in [0.4, 0.5) is 5.82 Å². The Morgan fingerprint density at radius 2 is 2.25 bits per heavy atom. The maximum absolute atomic E-state index is 11.1. The molecule has 0 aliphatic rings. The summed E-state index contributed by atoms with van der Waals surface area (Å²) < 4.78 is 0.567. The molecule has 0 fully saturated rings. The summed E-state index contributed by atoms with van der Waals surface area (Å²) in [5, 5.41) is 3.31. The van der Waals surface area contributed by atoms with E-state index in [1.165, 1.54) is 6.33 Å². The summed E-state index contributed by atoms with van der Waals surface area (Å²) in [5.74, 6) is 0.158. The van der Waals surface area contributed by atoms with E-state index in [1.807, 2.05) is 0 Å². The number of carbonyl (C=O) groups excluding carboxylic acids is 1. The Bertz CT molecular complexity index is 410. The van der Waals surface area contributed by atoms with Gasteiger partial charge in [-0.2, -0.15) is 0 Å². The summed E-state index contributed by atoms with van der Waals surface area (Å²) in [7, 11) is 0. The second-order valence-electron chi connectivity index (χ2n) is 3.93. The number of nitrogens with one attached hydrogen (secondary N) is 1. The van der Waals surface area contributed by atoms with Crippen LogP contribution in [0.5, 0.6) is 0 Å². The van der Waals surface area contributed by atoms with Crippen LogP contribution < -0.4 is 11.1 Å². The van der Waals surface area contributed by atoms with Gasteiger partial charge in [0.1, 0.15) is 17.3 Å². The highest BCUT2D eigenvalue weighted by molar-refractivity contribution is 9.10. The van der Waals surface area contributed by atoms with Crippen LogP contribution in [-0.4, -0.2) is 22.4 Å². The highest BCUT2D eigenvalue weighted by atomic mass is 79.9. The molecule has 88 valence electrons. The lowest BCUT2D eigenvalue weighted by Crippen LogP contribution is -2.37. The molecular weight excluding hydrogens is 295 g/mol. The lowest BCUT2D eigenvalue weighted by atomic mass is 9.93. The molecule has 0 aliphatic carbocycles. The van der Waals surface area contributed by atoms with Crippen molar-refractivity contribution in [2.75, 3.05) is 11.9 Å². The summed E-state index contributed by atoms with van der Waals surface area (Å²) in [5.41, 5.74) is 4.60. The zero-order valence-electron chi connectivity index (χ0n) is 8.92. The van der Waals surface area contributed by atoms with Crippen LogP contribution in [-0.2, 0) is 4.79 Å². The van der Waals surface area contributed by atoms with Gasteiger partial charge in [0.25, 0.3) is 0 Å². The molecule has 5 nitrogen and oxygen atoms in total. The van der Waals surface area contributed by atoms with Crippen LogP contribution >= 0.6 is 27.5 Å². The fourth-order valence-electron chi connectivity index (χ4n) is 0.863. The van der Waals surface area contributed by atoms with E-state index in [2.05, 4.69) is 31.2 Å². The van der Waals surface area contributed by atoms with Gasteiger partial charge in [-0.25, -0.2) is 9.97 Å². The molecule has 0 bridgehead atoms. The lowest BCUT2D eigenvalue weighted by Gasteiger charge is -2.21. The van der Waals surface area contributed by atoms with Crippen LogP contribution in [0.1, 0.15) is 13.8 Å². The van der Waals surface area contributed by atoms with Crippen molar-refractivity contribution in [1.29, 1.82) is 0 Å². The summed E-state index contributed by atoms with van der Waals surface area (Å²) >= 11 is 9.05. The molecule has 1 heterocycles. The molecule has 0 saturated heterocycles. The van der Waals surface area contributed by atoms with Gasteiger partial charge in [-0.1, -0.05) is 11.6 Å². The van der Waals surface area contributed by atoms with Crippen LogP contribution in [0.2, 0.25) is 5.15 Å². The predicted molar refractivity (Wildman–Crippen MR) is 66.2 cm³/mol. The third kappa shape index (κ3) is 3.05. The topological polar surface area (TPSA) is 80.9 Å². The van der Waals surface area contributed by atoms with Crippen molar-refractivity contribution in [1.82, 2.24) is 9.97 Å². The summed E-state index contributed by atoms with van der Waals surface area (Å²) in [4.78, 5) is 18.9. The van der Waals surface area contributed by atoms with Gasteiger partial charge in [-0.3, -0.25) is 4.79 Å². The Morgan fingerprint density at radius 1 is 1.62 bits per heavy atom. The minimum absolute atomic E-state index is 0.314. The van der Waals surface area contributed by atoms with E-state index < -0.39 is 5.41 Å². The summed E-state index contributed by atoms with van der Waals surface area (Å²) in [6, 6.07) is 0. The van der Waals surface area contributed by atoms with Crippen molar-refractivity contribution in [2.24, 2.45) is 11.1 Å². The van der Waals surface area contributed by atoms with Gasteiger partial charge in [-0.05, 0) is 29.8 Å². The molecule has 1 rings (SSSR count). The minimum atomic E-state index is -0.656. The molecule has 0 aliphatic heterocycles. The maximum Gasteiger partial charge on any atom is 0.224 e. The van der Waals surface area contributed by atoms with Crippen molar-refractivity contribution in [3.8, 4) is 0 Å². The van der Waals surface area contributed by atoms with Crippen LogP contribution in [0.25, 0.3) is 0 Å². The van der Waals surface area contributed by atoms with E-state index in [0.717, 1.165) is 0 Å². The number of halogens is 2. The van der Waals surface area contributed by atoms with Crippen molar-refractivity contribution < 1.29 is 4.79 Å². The molecule has 3 N–H and O–H groups in total. The fraction of sp³-hybridized carbons (Fsp3) is 0.444. The van der Waals surface area contributed by atoms with Gasteiger partial charge in [0.05, 0.1) is 9.89 Å². The molecular formula is C9H12BrClN4O. The van der Waals surface area contributed by atoms with E-state index >= 15 is 0 Å². The van der Waals surface area contributed by atoms with Crippen molar-refractivity contribution >= 4 is 39.3 Å². The van der Waals surface area contributed by atoms with Crippen molar-refractivity contribution in [3.63, 3.8) is 0 Å². The number of amides is 1. The zero-order valence-corrected chi connectivity index (χ0v) is 11.3. The van der Waals surface area contributed by atoms with E-state index in [9.17, 15) is 4.79 Å². The zero-order chi connectivity index (χ0) is 12.3. The third-order valence-corrected chi connectivity index (χ3v) is 3.38. The first-order chi connectivity index (χ1) is 7.34. The molecule has 7 heteroatoms. The first kappa shape index (κ1) is 13.2. The maximum atomic E-state index is 11.1. The normalized spacial score (nSPS) is 11.2. The standard InChI is InChI=1S/C9H12BrClN4O/c1-9(2,8(12)16)3-13-7-5(10)6(11)14-4-15-7/h4H,3H2,1-2H3,(H2,12,16)(H,13,14,15). The molecule has 0 atom stereocenters.